The minimum absolute atomic E-state index is 0.301. The molecule has 0 radical (unpaired) electrons. The molecule has 0 aliphatic rings. The van der Waals surface area contributed by atoms with Gasteiger partial charge in [0.2, 0.25) is 0 Å². The number of rotatable bonds is 5. The molecule has 1 N–H and O–H groups in total. The lowest BCUT2D eigenvalue weighted by molar-refractivity contribution is -0.143. The highest BCUT2D eigenvalue weighted by atomic mass is 127. The van der Waals surface area contributed by atoms with Gasteiger partial charge in [0.1, 0.15) is 26.6 Å². The molecule has 0 saturated carbocycles. The second-order valence-corrected chi connectivity index (χ2v) is 11.0. The van der Waals surface area contributed by atoms with Crippen LogP contribution in [-0.4, -0.2) is 62.9 Å². The number of aryl methyl sites for hydroxylation is 2. The number of aliphatic hydroxyl groups is 1. The van der Waals surface area contributed by atoms with Crippen LogP contribution in [0.4, 0.5) is 26.3 Å². The predicted octanol–water partition coefficient (Wildman–Crippen LogP) is 4.75. The van der Waals surface area contributed by atoms with Gasteiger partial charge in [-0.2, -0.15) is 46.7 Å². The zero-order valence-electron chi connectivity index (χ0n) is 19.9. The lowest BCUT2D eigenvalue weighted by atomic mass is 10.1. The average molecular weight is 898 g/mol. The smallest absolute Gasteiger partial charge is 0.383 e. The Bertz CT molecular complexity index is 1360. The maximum atomic E-state index is 12.2. The summed E-state index contributed by atoms with van der Waals surface area (Å²) in [7, 11) is 3.49. The summed E-state index contributed by atoms with van der Waals surface area (Å²) in [6, 6.07) is 0. The van der Waals surface area contributed by atoms with Crippen LogP contribution in [0.2, 0.25) is 0 Å². The second-order valence-electron chi connectivity index (χ2n) is 7.68. The first-order valence-corrected chi connectivity index (χ1v) is 13.6. The van der Waals surface area contributed by atoms with Gasteiger partial charge in [-0.1, -0.05) is 0 Å². The van der Waals surface area contributed by atoms with Crippen molar-refractivity contribution in [3.63, 3.8) is 0 Å². The Morgan fingerprint density at radius 1 is 0.846 bits per heavy atom. The third-order valence-electron chi connectivity index (χ3n) is 4.29. The van der Waals surface area contributed by atoms with E-state index in [-0.39, 0.29) is 0 Å². The number of hydrogen-bond donors (Lipinski definition) is 1. The maximum absolute atomic E-state index is 12.2. The van der Waals surface area contributed by atoms with E-state index in [1.807, 2.05) is 67.8 Å². The summed E-state index contributed by atoms with van der Waals surface area (Å²) >= 11 is 5.87. The average Bonchev–Trinajstić information content (AvgIpc) is 3.55. The van der Waals surface area contributed by atoms with Crippen LogP contribution < -0.4 is 0 Å². The molecule has 4 rings (SSSR count). The molecule has 0 spiro atoms. The van der Waals surface area contributed by atoms with E-state index in [9.17, 15) is 36.2 Å². The van der Waals surface area contributed by atoms with Gasteiger partial charge in [-0.15, -0.1) is 0 Å². The van der Waals surface area contributed by atoms with Crippen LogP contribution in [0.1, 0.15) is 27.6 Å². The predicted molar refractivity (Wildman–Crippen MR) is 151 cm³/mol. The Labute approximate surface area is 258 Å². The third kappa shape index (κ3) is 11.7. The molecule has 0 amide bonds. The fraction of sp³-hybridized carbons (Fsp3) is 0.350. The summed E-state index contributed by atoms with van der Waals surface area (Å²) in [5, 5.41) is 25.2. The van der Waals surface area contributed by atoms with Gasteiger partial charge in [0.25, 0.3) is 0 Å². The van der Waals surface area contributed by atoms with E-state index in [2.05, 4.69) is 20.4 Å². The monoisotopic (exact) mass is 898 g/mol. The topological polar surface area (TPSA) is 109 Å². The van der Waals surface area contributed by atoms with E-state index in [0.29, 0.717) is 24.0 Å². The van der Waals surface area contributed by atoms with Crippen molar-refractivity contribution in [3.8, 4) is 0 Å². The summed E-state index contributed by atoms with van der Waals surface area (Å²) in [5.41, 5.74) is 1.49. The molecule has 214 valence electrons. The molecule has 0 fully saturated rings. The minimum atomic E-state index is -4.34. The molecule has 0 aliphatic carbocycles. The zero-order valence-corrected chi connectivity index (χ0v) is 26.3. The molecule has 4 aromatic heterocycles. The van der Waals surface area contributed by atoms with Crippen molar-refractivity contribution in [1.82, 2.24) is 39.1 Å². The Morgan fingerprint density at radius 3 is 1.74 bits per heavy atom. The number of halogens is 9. The Morgan fingerprint density at radius 2 is 1.36 bits per heavy atom. The van der Waals surface area contributed by atoms with Gasteiger partial charge >= 0.3 is 12.4 Å². The number of aromatic nitrogens is 8. The molecule has 10 nitrogen and oxygen atoms in total. The molecular weight excluding hydrogens is 879 g/mol. The van der Waals surface area contributed by atoms with Crippen molar-refractivity contribution >= 4 is 74.1 Å². The quantitative estimate of drug-likeness (QED) is 0.176. The second kappa shape index (κ2) is 14.2. The minimum Gasteiger partial charge on any atom is -0.383 e. The van der Waals surface area contributed by atoms with Gasteiger partial charge in [-0.3, -0.25) is 23.5 Å². The van der Waals surface area contributed by atoms with Gasteiger partial charge in [-0.05, 0) is 67.8 Å². The molecule has 1 atom stereocenters. The Kier molecular flexibility index (Phi) is 12.2. The van der Waals surface area contributed by atoms with Crippen LogP contribution in [0.3, 0.4) is 0 Å². The Balaban J connectivity index is 0.000000226. The van der Waals surface area contributed by atoms with Crippen molar-refractivity contribution in [2.45, 2.75) is 31.5 Å². The van der Waals surface area contributed by atoms with E-state index in [0.717, 1.165) is 19.4 Å². The molecule has 1 unspecified atom stereocenters. The molecule has 4 heterocycles. The fourth-order valence-electron chi connectivity index (χ4n) is 2.80. The Hall–Kier alpha value is -1.76. The summed E-state index contributed by atoms with van der Waals surface area (Å²) in [5.74, 6) is 0. The summed E-state index contributed by atoms with van der Waals surface area (Å²) in [4.78, 5) is 10.2. The van der Waals surface area contributed by atoms with Crippen LogP contribution in [0.5, 0.6) is 0 Å². The van der Waals surface area contributed by atoms with Crippen molar-refractivity contribution < 1.29 is 36.2 Å². The number of carbonyl (C=O) groups is 1. The van der Waals surface area contributed by atoms with E-state index in [1.54, 1.807) is 31.2 Å². The third-order valence-corrected chi connectivity index (χ3v) is 6.53. The number of nitrogens with zero attached hydrogens (tertiary/aromatic N) is 8. The number of aliphatic hydroxyl groups excluding tert-OH is 1. The first kappa shape index (κ1) is 33.4. The molecule has 0 saturated heterocycles. The van der Waals surface area contributed by atoms with Crippen molar-refractivity contribution in [1.29, 1.82) is 0 Å². The van der Waals surface area contributed by atoms with Gasteiger partial charge in [0.05, 0.1) is 21.5 Å². The summed E-state index contributed by atoms with van der Waals surface area (Å²) in [6.07, 6.45) is -0.327. The highest BCUT2D eigenvalue weighted by Crippen LogP contribution is 2.26. The lowest BCUT2D eigenvalue weighted by Gasteiger charge is -2.07. The highest BCUT2D eigenvalue weighted by molar-refractivity contribution is 14.1. The lowest BCUT2D eigenvalue weighted by Crippen LogP contribution is -2.17. The molecule has 0 aromatic carbocycles. The van der Waals surface area contributed by atoms with Crippen LogP contribution in [0.25, 0.3) is 0 Å². The van der Waals surface area contributed by atoms with E-state index in [4.69, 9.17) is 0 Å². The first-order valence-electron chi connectivity index (χ1n) is 10.3. The summed E-state index contributed by atoms with van der Waals surface area (Å²) < 4.78 is 78.5. The highest BCUT2D eigenvalue weighted by Gasteiger charge is 2.29. The molecule has 19 heteroatoms. The van der Waals surface area contributed by atoms with E-state index >= 15 is 0 Å². The summed E-state index contributed by atoms with van der Waals surface area (Å²) in [6.45, 7) is -2.19. The van der Waals surface area contributed by atoms with Gasteiger partial charge < -0.3 is 5.11 Å². The van der Waals surface area contributed by atoms with Crippen molar-refractivity contribution in [3.05, 3.63) is 64.8 Å². The fourth-order valence-corrected chi connectivity index (χ4v) is 4.63. The number of hydrogen-bond acceptors (Lipinski definition) is 6. The van der Waals surface area contributed by atoms with Crippen molar-refractivity contribution in [2.24, 2.45) is 14.1 Å². The normalized spacial score (nSPS) is 12.3. The van der Waals surface area contributed by atoms with Gasteiger partial charge in [-0.25, -0.2) is 0 Å². The van der Waals surface area contributed by atoms with Crippen LogP contribution in [0.15, 0.2) is 37.2 Å². The van der Waals surface area contributed by atoms with Crippen molar-refractivity contribution in [2.75, 3.05) is 0 Å². The standard InChI is InChI=1S/C10H10F3IN4O.C5H4F3IN2.C5H5IN2O/c1-17-4-7(9(14)16-17)8(19)6-2-15-18(3-6)5-10(11,12)13;6-5(7,8)3-11-2-4(9)1-10-11;1-8-2-4(3-9)5(6)7-8/h2-4,8,19H,5H2,1H3;1-2H,3H2;2-3H,1H3. The SMILES string of the molecule is Cn1cc(C(O)c2cnn(CC(F)(F)F)c2)c(I)n1.Cn1cc(C=O)c(I)n1.FC(F)(F)Cn1cc(I)cn1. The molecular formula is C20H19F6I3N8O2. The number of carbonyl (C=O) groups excluding carboxylic acids is 1. The van der Waals surface area contributed by atoms with Crippen LogP contribution in [-0.2, 0) is 27.2 Å². The molecule has 39 heavy (non-hydrogen) atoms. The number of alkyl halides is 6. The van der Waals surface area contributed by atoms with E-state index < -0.39 is 31.5 Å². The largest absolute Gasteiger partial charge is 0.408 e. The molecule has 0 bridgehead atoms. The first-order chi connectivity index (χ1) is 18.0. The van der Waals surface area contributed by atoms with Gasteiger partial charge in [0, 0.05) is 50.0 Å². The maximum Gasteiger partial charge on any atom is 0.408 e. The van der Waals surface area contributed by atoms with Crippen LogP contribution in [0, 0.1) is 11.0 Å². The van der Waals surface area contributed by atoms with E-state index in [1.165, 1.54) is 29.5 Å². The van der Waals surface area contributed by atoms with Crippen LogP contribution >= 0.6 is 67.8 Å². The molecule has 0 aliphatic heterocycles. The zero-order chi connectivity index (χ0) is 29.5. The van der Waals surface area contributed by atoms with Gasteiger partial charge in [0.15, 0.2) is 6.29 Å². The molecule has 4 aromatic rings. The number of aldehydes is 1.